The molecule has 0 bridgehead atoms. The van der Waals surface area contributed by atoms with Crippen LogP contribution in [0.3, 0.4) is 0 Å². The third-order valence-electron chi connectivity index (χ3n) is 5.67. The fraction of sp³-hybridized carbons (Fsp3) is 0.524. The molecular weight excluding hydrogens is 340 g/mol. The van der Waals surface area contributed by atoms with Crippen molar-refractivity contribution in [3.05, 3.63) is 47.8 Å². The molecule has 2 fully saturated rings. The zero-order valence-electron chi connectivity index (χ0n) is 15.9. The average Bonchev–Trinajstić information content (AvgIpc) is 2.74. The van der Waals surface area contributed by atoms with Gasteiger partial charge in [0.1, 0.15) is 24.1 Å². The zero-order valence-corrected chi connectivity index (χ0v) is 15.9. The summed E-state index contributed by atoms with van der Waals surface area (Å²) in [6.45, 7) is 6.54. The van der Waals surface area contributed by atoms with Gasteiger partial charge in [-0.05, 0) is 36.8 Å². The van der Waals surface area contributed by atoms with E-state index >= 15 is 0 Å². The van der Waals surface area contributed by atoms with Crippen LogP contribution >= 0.6 is 0 Å². The lowest BCUT2D eigenvalue weighted by Gasteiger charge is -2.36. The van der Waals surface area contributed by atoms with E-state index in [1.54, 1.807) is 6.33 Å². The van der Waals surface area contributed by atoms with E-state index in [0.717, 1.165) is 50.7 Å². The lowest BCUT2D eigenvalue weighted by molar-refractivity contribution is 0.0391. The summed E-state index contributed by atoms with van der Waals surface area (Å²) in [5.74, 6) is 2.25. The van der Waals surface area contributed by atoms with Crippen molar-refractivity contribution in [2.24, 2.45) is 5.92 Å². The summed E-state index contributed by atoms with van der Waals surface area (Å²) in [4.78, 5) is 13.6. The maximum absolute atomic E-state index is 9.49. The summed E-state index contributed by atoms with van der Waals surface area (Å²) in [6, 6.07) is 10.5. The minimum atomic E-state index is 0.0621. The summed E-state index contributed by atoms with van der Waals surface area (Å²) in [5, 5.41) is 9.49. The van der Waals surface area contributed by atoms with Gasteiger partial charge in [0.2, 0.25) is 0 Å². The van der Waals surface area contributed by atoms with Crippen LogP contribution in [-0.2, 0) is 4.74 Å². The van der Waals surface area contributed by atoms with Gasteiger partial charge in [0.15, 0.2) is 0 Å². The second-order valence-electron chi connectivity index (χ2n) is 7.53. The quantitative estimate of drug-likeness (QED) is 0.895. The van der Waals surface area contributed by atoms with Gasteiger partial charge in [0.25, 0.3) is 0 Å². The first kappa shape index (κ1) is 18.2. The van der Waals surface area contributed by atoms with Gasteiger partial charge in [-0.2, -0.15) is 0 Å². The van der Waals surface area contributed by atoms with Crippen LogP contribution < -0.4 is 9.80 Å². The van der Waals surface area contributed by atoms with Crippen molar-refractivity contribution in [2.75, 3.05) is 49.2 Å². The van der Waals surface area contributed by atoms with Crippen LogP contribution in [0, 0.1) is 12.8 Å². The Labute approximate surface area is 160 Å². The van der Waals surface area contributed by atoms with Crippen molar-refractivity contribution in [3.63, 3.8) is 0 Å². The maximum atomic E-state index is 9.49. The van der Waals surface area contributed by atoms with Gasteiger partial charge in [0, 0.05) is 38.9 Å². The Kier molecular flexibility index (Phi) is 5.55. The lowest BCUT2D eigenvalue weighted by atomic mass is 9.99. The van der Waals surface area contributed by atoms with Crippen LogP contribution in [0.25, 0.3) is 0 Å². The SMILES string of the molecule is Cc1ccccc1C1CN(c2cc(N3CCCC(CO)C3)ncn2)CCO1. The summed E-state index contributed by atoms with van der Waals surface area (Å²) in [5.41, 5.74) is 2.51. The Morgan fingerprint density at radius 2 is 1.89 bits per heavy atom. The molecule has 2 aromatic rings. The van der Waals surface area contributed by atoms with Gasteiger partial charge >= 0.3 is 0 Å². The lowest BCUT2D eigenvalue weighted by Crippen LogP contribution is -2.40. The van der Waals surface area contributed by atoms with Crippen LogP contribution in [0.15, 0.2) is 36.7 Å². The summed E-state index contributed by atoms with van der Waals surface area (Å²) in [7, 11) is 0. The monoisotopic (exact) mass is 368 g/mol. The highest BCUT2D eigenvalue weighted by atomic mass is 16.5. The van der Waals surface area contributed by atoms with Gasteiger partial charge in [-0.3, -0.25) is 0 Å². The number of hydrogen-bond acceptors (Lipinski definition) is 6. The molecule has 2 atom stereocenters. The molecule has 2 aliphatic heterocycles. The van der Waals surface area contributed by atoms with Crippen molar-refractivity contribution in [3.8, 4) is 0 Å². The Hall–Kier alpha value is -2.18. The van der Waals surface area contributed by atoms with Gasteiger partial charge in [-0.25, -0.2) is 9.97 Å². The second-order valence-corrected chi connectivity index (χ2v) is 7.53. The molecule has 4 rings (SSSR count). The minimum Gasteiger partial charge on any atom is -0.396 e. The third kappa shape index (κ3) is 4.06. The number of ether oxygens (including phenoxy) is 1. The molecule has 1 aromatic heterocycles. The first-order chi connectivity index (χ1) is 13.2. The van der Waals surface area contributed by atoms with Crippen molar-refractivity contribution in [1.82, 2.24) is 9.97 Å². The van der Waals surface area contributed by atoms with E-state index < -0.39 is 0 Å². The highest BCUT2D eigenvalue weighted by Gasteiger charge is 2.25. The number of aliphatic hydroxyl groups is 1. The molecule has 0 saturated carbocycles. The number of anilines is 2. The first-order valence-corrected chi connectivity index (χ1v) is 9.84. The number of rotatable bonds is 4. The van der Waals surface area contributed by atoms with E-state index in [0.29, 0.717) is 12.5 Å². The third-order valence-corrected chi connectivity index (χ3v) is 5.67. The molecule has 2 saturated heterocycles. The fourth-order valence-electron chi connectivity index (χ4n) is 4.10. The first-order valence-electron chi connectivity index (χ1n) is 9.84. The molecule has 2 unspecified atom stereocenters. The van der Waals surface area contributed by atoms with E-state index in [1.807, 2.05) is 0 Å². The Balaban J connectivity index is 1.51. The van der Waals surface area contributed by atoms with Crippen molar-refractivity contribution in [2.45, 2.75) is 25.9 Å². The zero-order chi connectivity index (χ0) is 18.6. The van der Waals surface area contributed by atoms with Gasteiger partial charge in [-0.1, -0.05) is 24.3 Å². The molecular formula is C21H28N4O2. The normalized spacial score (nSPS) is 23.5. The molecule has 0 radical (unpaired) electrons. The molecule has 2 aliphatic rings. The molecule has 1 aromatic carbocycles. The number of morpholine rings is 1. The van der Waals surface area contributed by atoms with Crippen molar-refractivity contribution in [1.29, 1.82) is 0 Å². The van der Waals surface area contributed by atoms with E-state index in [4.69, 9.17) is 4.74 Å². The van der Waals surface area contributed by atoms with Gasteiger partial charge < -0.3 is 19.6 Å². The topological polar surface area (TPSA) is 61.7 Å². The minimum absolute atomic E-state index is 0.0621. The summed E-state index contributed by atoms with van der Waals surface area (Å²) >= 11 is 0. The Morgan fingerprint density at radius 3 is 2.67 bits per heavy atom. The number of aromatic nitrogens is 2. The molecule has 6 heteroatoms. The van der Waals surface area contributed by atoms with Gasteiger partial charge in [-0.15, -0.1) is 0 Å². The fourth-order valence-corrected chi connectivity index (χ4v) is 4.10. The number of hydrogen-bond donors (Lipinski definition) is 1. The molecule has 0 amide bonds. The Bertz CT molecular complexity index is 769. The summed E-state index contributed by atoms with van der Waals surface area (Å²) in [6.07, 6.45) is 3.90. The van der Waals surface area contributed by atoms with E-state index in [9.17, 15) is 5.11 Å². The van der Waals surface area contributed by atoms with E-state index in [-0.39, 0.29) is 12.7 Å². The van der Waals surface area contributed by atoms with Crippen LogP contribution in [-0.4, -0.2) is 54.5 Å². The number of piperidine rings is 1. The highest BCUT2D eigenvalue weighted by molar-refractivity contribution is 5.51. The maximum Gasteiger partial charge on any atom is 0.134 e. The van der Waals surface area contributed by atoms with E-state index in [1.165, 1.54) is 11.1 Å². The largest absolute Gasteiger partial charge is 0.396 e. The van der Waals surface area contributed by atoms with E-state index in [2.05, 4.69) is 57.0 Å². The predicted octanol–water partition coefficient (Wildman–Crippen LogP) is 2.57. The standard InChI is InChI=1S/C21H28N4O2/c1-16-5-2-3-7-18(16)19-13-25(9-10-27-19)21-11-20(22-15-23-21)24-8-4-6-17(12-24)14-26/h2-3,5,7,11,15,17,19,26H,4,6,8-10,12-14H2,1H3. The molecule has 144 valence electrons. The number of aryl methyl sites for hydroxylation is 1. The smallest absolute Gasteiger partial charge is 0.134 e. The molecule has 6 nitrogen and oxygen atoms in total. The highest BCUT2D eigenvalue weighted by Crippen LogP contribution is 2.29. The molecule has 27 heavy (non-hydrogen) atoms. The average molecular weight is 368 g/mol. The molecule has 0 spiro atoms. The summed E-state index contributed by atoms with van der Waals surface area (Å²) < 4.78 is 6.05. The van der Waals surface area contributed by atoms with Crippen LogP contribution in [0.5, 0.6) is 0 Å². The van der Waals surface area contributed by atoms with Crippen LogP contribution in [0.2, 0.25) is 0 Å². The number of aliphatic hydroxyl groups excluding tert-OH is 1. The number of benzene rings is 1. The van der Waals surface area contributed by atoms with Crippen LogP contribution in [0.1, 0.15) is 30.1 Å². The molecule has 0 aliphatic carbocycles. The Morgan fingerprint density at radius 1 is 1.11 bits per heavy atom. The van der Waals surface area contributed by atoms with Crippen molar-refractivity contribution < 1.29 is 9.84 Å². The predicted molar refractivity (Wildman–Crippen MR) is 106 cm³/mol. The van der Waals surface area contributed by atoms with Crippen LogP contribution in [0.4, 0.5) is 11.6 Å². The van der Waals surface area contributed by atoms with Crippen molar-refractivity contribution >= 4 is 11.6 Å². The second kappa shape index (κ2) is 8.23. The molecule has 3 heterocycles. The molecule has 1 N–H and O–H groups in total. The van der Waals surface area contributed by atoms with Gasteiger partial charge in [0.05, 0.1) is 6.61 Å². The number of nitrogens with zero attached hydrogens (tertiary/aromatic N) is 4.